The number of amidine groups is 1. The number of halogens is 1. The van der Waals surface area contributed by atoms with Crippen molar-refractivity contribution in [2.24, 2.45) is 10.2 Å². The molecule has 1 N–H and O–H groups in total. The molecule has 4 rings (SSSR count). The lowest BCUT2D eigenvalue weighted by Crippen LogP contribution is -2.31. The van der Waals surface area contributed by atoms with Crippen LogP contribution in [0.1, 0.15) is 17.5 Å². The van der Waals surface area contributed by atoms with E-state index in [9.17, 15) is 14.7 Å². The normalized spacial score (nSPS) is 17.2. The van der Waals surface area contributed by atoms with Crippen molar-refractivity contribution < 1.29 is 19.4 Å². The molecule has 7 nitrogen and oxygen atoms in total. The molecule has 1 heterocycles. The summed E-state index contributed by atoms with van der Waals surface area (Å²) in [5, 5.41) is 23.4. The van der Waals surface area contributed by atoms with Gasteiger partial charge in [0, 0.05) is 28.5 Å². The van der Waals surface area contributed by atoms with E-state index in [1.807, 2.05) is 54.6 Å². The number of hydrogen-bond donors (Lipinski definition) is 1. The molecule has 0 radical (unpaired) electrons. The average molecular weight is 467 g/mol. The van der Waals surface area contributed by atoms with Crippen LogP contribution in [0.4, 0.5) is 0 Å². The van der Waals surface area contributed by atoms with E-state index in [0.717, 1.165) is 33.7 Å². The highest BCUT2D eigenvalue weighted by molar-refractivity contribution is 8.15. The Kier molecular flexibility index (Phi) is 6.72. The number of carboxylic acids is 1. The van der Waals surface area contributed by atoms with Crippen molar-refractivity contribution in [1.82, 2.24) is 5.32 Å². The summed E-state index contributed by atoms with van der Waals surface area (Å²) in [5.74, 6) is -1.12. The predicted molar refractivity (Wildman–Crippen MR) is 124 cm³/mol. The first-order chi connectivity index (χ1) is 15.5. The van der Waals surface area contributed by atoms with Gasteiger partial charge in [0.15, 0.2) is 5.17 Å². The lowest BCUT2D eigenvalue weighted by Gasteiger charge is -2.12. The number of thioether (sulfide) groups is 1. The van der Waals surface area contributed by atoms with Crippen molar-refractivity contribution in [1.29, 1.82) is 0 Å². The second kappa shape index (κ2) is 9.84. The van der Waals surface area contributed by atoms with Crippen LogP contribution in [0.5, 0.6) is 5.75 Å². The van der Waals surface area contributed by atoms with Crippen LogP contribution < -0.4 is 15.2 Å². The second-order valence-electron chi connectivity index (χ2n) is 6.90. The van der Waals surface area contributed by atoms with E-state index in [-0.39, 0.29) is 18.2 Å². The molecule has 32 heavy (non-hydrogen) atoms. The fourth-order valence-electron chi connectivity index (χ4n) is 3.18. The third-order valence-electron chi connectivity index (χ3n) is 4.74. The van der Waals surface area contributed by atoms with Crippen LogP contribution in [-0.4, -0.2) is 28.5 Å². The molecular formula is C23H17ClN3O4S-. The largest absolute Gasteiger partial charge is 0.550 e. The molecule has 1 fully saturated rings. The highest BCUT2D eigenvalue weighted by atomic mass is 35.5. The van der Waals surface area contributed by atoms with E-state index < -0.39 is 17.1 Å². The molecule has 0 unspecified atom stereocenters. The zero-order valence-corrected chi connectivity index (χ0v) is 18.2. The number of carboxylic acid groups (broad SMARTS) is 1. The van der Waals surface area contributed by atoms with Gasteiger partial charge in [-0.15, -0.1) is 5.10 Å². The van der Waals surface area contributed by atoms with Gasteiger partial charge >= 0.3 is 0 Å². The zero-order valence-electron chi connectivity index (χ0n) is 16.7. The summed E-state index contributed by atoms with van der Waals surface area (Å²) in [6.45, 7) is 0.282. The maximum absolute atomic E-state index is 11.8. The summed E-state index contributed by atoms with van der Waals surface area (Å²) >= 11 is 7.24. The maximum atomic E-state index is 11.8. The molecule has 1 saturated heterocycles. The smallest absolute Gasteiger partial charge is 0.239 e. The molecule has 0 aromatic heterocycles. The summed E-state index contributed by atoms with van der Waals surface area (Å²) in [5.41, 5.74) is 1.58. The van der Waals surface area contributed by atoms with Crippen LogP contribution in [0.25, 0.3) is 10.8 Å². The number of amides is 1. The van der Waals surface area contributed by atoms with E-state index in [2.05, 4.69) is 15.5 Å². The first-order valence-electron chi connectivity index (χ1n) is 9.67. The van der Waals surface area contributed by atoms with Crippen molar-refractivity contribution in [3.63, 3.8) is 0 Å². The van der Waals surface area contributed by atoms with Crippen LogP contribution in [0.3, 0.4) is 0 Å². The van der Waals surface area contributed by atoms with E-state index in [1.54, 1.807) is 12.3 Å². The molecule has 0 spiro atoms. The molecule has 1 aliphatic heterocycles. The minimum Gasteiger partial charge on any atom is -0.550 e. The van der Waals surface area contributed by atoms with Gasteiger partial charge in [-0.1, -0.05) is 71.9 Å². The van der Waals surface area contributed by atoms with E-state index in [0.29, 0.717) is 10.8 Å². The molecular weight excluding hydrogens is 450 g/mol. The van der Waals surface area contributed by atoms with Gasteiger partial charge in [0.25, 0.3) is 0 Å². The Hall–Kier alpha value is -3.36. The van der Waals surface area contributed by atoms with Crippen LogP contribution >= 0.6 is 23.4 Å². The maximum Gasteiger partial charge on any atom is 0.239 e. The Morgan fingerprint density at radius 3 is 2.75 bits per heavy atom. The molecule has 0 bridgehead atoms. The predicted octanol–water partition coefficient (Wildman–Crippen LogP) is 3.13. The van der Waals surface area contributed by atoms with Gasteiger partial charge in [-0.2, -0.15) is 5.10 Å². The number of nitrogens with zero attached hydrogens (tertiary/aromatic N) is 2. The first kappa shape index (κ1) is 21.9. The lowest BCUT2D eigenvalue weighted by atomic mass is 10.0. The number of rotatable bonds is 7. The fourth-order valence-corrected chi connectivity index (χ4v) is 4.28. The summed E-state index contributed by atoms with van der Waals surface area (Å²) < 4.78 is 6.04. The van der Waals surface area contributed by atoms with Crippen LogP contribution in [-0.2, 0) is 16.2 Å². The molecule has 3 aromatic rings. The standard InChI is InChI=1S/C23H18ClN3O4S/c24-18-8-4-2-6-15(18)13-31-19-10-9-14-5-1-3-7-16(14)17(19)12-25-27-23-26-22(30)20(32-23)11-21(28)29/h1-10,12,20H,11,13H2,(H,28,29)(H,26,27,30)/p-1/b25-12-/t20-/m0/s1. The van der Waals surface area contributed by atoms with Crippen molar-refractivity contribution >= 4 is 57.4 Å². The summed E-state index contributed by atoms with van der Waals surface area (Å²) in [7, 11) is 0. The van der Waals surface area contributed by atoms with Gasteiger partial charge < -0.3 is 20.0 Å². The van der Waals surface area contributed by atoms with E-state index >= 15 is 0 Å². The molecule has 1 atom stereocenters. The van der Waals surface area contributed by atoms with Gasteiger partial charge in [0.2, 0.25) is 5.91 Å². The Morgan fingerprint density at radius 2 is 1.94 bits per heavy atom. The van der Waals surface area contributed by atoms with Gasteiger partial charge in [0.05, 0.1) is 11.5 Å². The van der Waals surface area contributed by atoms with Crippen molar-refractivity contribution in [3.05, 3.63) is 76.8 Å². The minimum absolute atomic E-state index is 0.233. The quantitative estimate of drug-likeness (QED) is 0.425. The fraction of sp³-hybridized carbons (Fsp3) is 0.130. The third kappa shape index (κ3) is 5.09. The lowest BCUT2D eigenvalue weighted by molar-refractivity contribution is -0.305. The van der Waals surface area contributed by atoms with Crippen molar-refractivity contribution in [2.45, 2.75) is 18.3 Å². The van der Waals surface area contributed by atoms with Gasteiger partial charge in [-0.25, -0.2) is 0 Å². The summed E-state index contributed by atoms with van der Waals surface area (Å²) in [4.78, 5) is 22.6. The SMILES string of the molecule is O=C([O-])C[C@@H]1S/C(=N\N=C/c2c(OCc3ccccc3Cl)ccc3ccccc23)NC1=O. The Labute approximate surface area is 193 Å². The van der Waals surface area contributed by atoms with E-state index in [1.165, 1.54) is 0 Å². The molecule has 162 valence electrons. The summed E-state index contributed by atoms with van der Waals surface area (Å²) in [6.07, 6.45) is 1.17. The minimum atomic E-state index is -1.29. The highest BCUT2D eigenvalue weighted by Gasteiger charge is 2.30. The molecule has 0 aliphatic carbocycles. The monoisotopic (exact) mass is 466 g/mol. The third-order valence-corrected chi connectivity index (χ3v) is 6.18. The number of aliphatic carboxylic acids is 1. The number of ether oxygens (including phenoxy) is 1. The number of nitrogens with one attached hydrogen (secondary N) is 1. The van der Waals surface area contributed by atoms with Crippen molar-refractivity contribution in [3.8, 4) is 5.75 Å². The van der Waals surface area contributed by atoms with E-state index in [4.69, 9.17) is 16.3 Å². The molecule has 3 aromatic carbocycles. The summed E-state index contributed by atoms with van der Waals surface area (Å²) in [6, 6.07) is 19.1. The average Bonchev–Trinajstić information content (AvgIpc) is 3.12. The number of fused-ring (bicyclic) bond motifs is 1. The number of carbonyl (C=O) groups is 2. The van der Waals surface area contributed by atoms with Gasteiger partial charge in [-0.3, -0.25) is 4.79 Å². The number of benzene rings is 3. The van der Waals surface area contributed by atoms with Crippen LogP contribution in [0.2, 0.25) is 5.02 Å². The Bertz CT molecular complexity index is 1240. The van der Waals surface area contributed by atoms with Crippen LogP contribution in [0.15, 0.2) is 70.9 Å². The molecule has 0 saturated carbocycles. The van der Waals surface area contributed by atoms with Gasteiger partial charge in [0.1, 0.15) is 12.4 Å². The zero-order chi connectivity index (χ0) is 22.5. The molecule has 9 heteroatoms. The molecule has 1 aliphatic rings. The Balaban J connectivity index is 1.59. The number of hydrogen-bond acceptors (Lipinski definition) is 7. The van der Waals surface area contributed by atoms with Gasteiger partial charge in [-0.05, 0) is 22.9 Å². The van der Waals surface area contributed by atoms with Crippen LogP contribution in [0, 0.1) is 0 Å². The molecule has 1 amide bonds. The van der Waals surface area contributed by atoms with Crippen molar-refractivity contribution in [2.75, 3.05) is 0 Å². The second-order valence-corrected chi connectivity index (χ2v) is 8.50. The highest BCUT2D eigenvalue weighted by Crippen LogP contribution is 2.28. The number of carbonyl (C=O) groups excluding carboxylic acids is 2. The Morgan fingerprint density at radius 1 is 1.16 bits per heavy atom. The topological polar surface area (TPSA) is 103 Å². The first-order valence-corrected chi connectivity index (χ1v) is 10.9.